The molecular weight excluding hydrogens is 498 g/mol. The molecule has 0 bridgehead atoms. The number of nitrogens with zero attached hydrogens (tertiary/aromatic N) is 5. The molecule has 0 saturated carbocycles. The Labute approximate surface area is 238 Å². The number of hydrogen-bond donors (Lipinski definition) is 2. The Bertz CT molecular complexity index is 1440. The number of carbonyl (C=O) groups excluding carboxylic acids is 1. The van der Waals surface area contributed by atoms with Gasteiger partial charge in [-0.1, -0.05) is 30.3 Å². The van der Waals surface area contributed by atoms with Crippen LogP contribution in [-0.4, -0.2) is 74.7 Å². The summed E-state index contributed by atoms with van der Waals surface area (Å²) in [6, 6.07) is 15.4. The van der Waals surface area contributed by atoms with Crippen LogP contribution in [0.4, 0.5) is 11.4 Å². The van der Waals surface area contributed by atoms with Gasteiger partial charge in [-0.2, -0.15) is 5.26 Å². The second-order valence-electron chi connectivity index (χ2n) is 11.6. The molecule has 2 aliphatic rings. The van der Waals surface area contributed by atoms with Crippen LogP contribution in [-0.2, 0) is 13.0 Å². The lowest BCUT2D eigenvalue weighted by atomic mass is 9.94. The molecule has 0 radical (unpaired) electrons. The smallest absolute Gasteiger partial charge is 0.270 e. The van der Waals surface area contributed by atoms with Crippen molar-refractivity contribution >= 4 is 28.1 Å². The Hall–Kier alpha value is -3.67. The molecule has 1 saturated heterocycles. The number of fused-ring (bicyclic) bond motifs is 2. The van der Waals surface area contributed by atoms with E-state index in [2.05, 4.69) is 74.7 Å². The van der Waals surface area contributed by atoms with Crippen LogP contribution in [0.1, 0.15) is 46.2 Å². The number of aryl methyl sites for hydroxylation is 1. The zero-order valence-corrected chi connectivity index (χ0v) is 24.4. The Kier molecular flexibility index (Phi) is 8.24. The highest BCUT2D eigenvalue weighted by atomic mass is 16.2. The molecule has 0 aliphatic carbocycles. The van der Waals surface area contributed by atoms with Crippen molar-refractivity contribution in [3.63, 3.8) is 0 Å². The van der Waals surface area contributed by atoms with Gasteiger partial charge in [0.05, 0.1) is 24.7 Å². The van der Waals surface area contributed by atoms with E-state index in [-0.39, 0.29) is 18.0 Å². The van der Waals surface area contributed by atoms with E-state index in [1.807, 2.05) is 27.9 Å². The van der Waals surface area contributed by atoms with Gasteiger partial charge >= 0.3 is 0 Å². The van der Waals surface area contributed by atoms with Crippen molar-refractivity contribution in [3.8, 4) is 6.07 Å². The predicted octanol–water partition coefficient (Wildman–Crippen LogP) is 3.79. The normalized spacial score (nSPS) is 18.0. The SMILES string of the molecule is Cc1c(C(=O)N[C@H](C)CN(C)C)nc2c(c1N1CCN[C@@H](CC#N)C1)CCN(c1cccc3cccc(C)c13)C2. The first-order valence-corrected chi connectivity index (χ1v) is 14.3. The van der Waals surface area contributed by atoms with Crippen LogP contribution < -0.4 is 20.4 Å². The van der Waals surface area contributed by atoms with Gasteiger partial charge in [0.15, 0.2) is 0 Å². The van der Waals surface area contributed by atoms with Gasteiger partial charge in [-0.25, -0.2) is 4.98 Å². The Morgan fingerprint density at radius 1 is 1.20 bits per heavy atom. The lowest BCUT2D eigenvalue weighted by Gasteiger charge is -2.39. The molecule has 5 rings (SSSR count). The number of rotatable bonds is 7. The van der Waals surface area contributed by atoms with Gasteiger partial charge in [-0.05, 0) is 58.3 Å². The number of nitrogens with one attached hydrogen (secondary N) is 2. The first-order chi connectivity index (χ1) is 19.3. The van der Waals surface area contributed by atoms with Gasteiger partial charge < -0.3 is 25.3 Å². The number of benzene rings is 2. The number of pyridine rings is 1. The minimum absolute atomic E-state index is 0.00228. The molecule has 210 valence electrons. The molecule has 3 aromatic rings. The molecule has 8 heteroatoms. The van der Waals surface area contributed by atoms with Crippen molar-refractivity contribution in [2.45, 2.75) is 52.2 Å². The lowest BCUT2D eigenvalue weighted by Crippen LogP contribution is -2.51. The Balaban J connectivity index is 1.56. The fourth-order valence-corrected chi connectivity index (χ4v) is 6.45. The van der Waals surface area contributed by atoms with Crippen molar-refractivity contribution in [1.29, 1.82) is 5.26 Å². The molecule has 2 aromatic carbocycles. The van der Waals surface area contributed by atoms with Gasteiger partial charge in [0.2, 0.25) is 0 Å². The Morgan fingerprint density at radius 3 is 2.73 bits per heavy atom. The largest absolute Gasteiger partial charge is 0.368 e. The number of amides is 1. The van der Waals surface area contributed by atoms with Crippen molar-refractivity contribution in [3.05, 3.63) is 64.5 Å². The number of likely N-dealkylation sites (N-methyl/N-ethyl adjacent to an activating group) is 1. The first-order valence-electron chi connectivity index (χ1n) is 14.3. The van der Waals surface area contributed by atoms with E-state index in [0.29, 0.717) is 18.7 Å². The highest BCUT2D eigenvalue weighted by Gasteiger charge is 2.31. The average Bonchev–Trinajstić information content (AvgIpc) is 2.92. The second kappa shape index (κ2) is 11.8. The summed E-state index contributed by atoms with van der Waals surface area (Å²) in [4.78, 5) is 25.6. The molecule has 3 heterocycles. The summed E-state index contributed by atoms with van der Waals surface area (Å²) in [6.45, 7) is 10.9. The zero-order chi connectivity index (χ0) is 28.4. The molecule has 1 aromatic heterocycles. The molecule has 2 aliphatic heterocycles. The maximum Gasteiger partial charge on any atom is 0.270 e. The molecule has 0 spiro atoms. The van der Waals surface area contributed by atoms with Crippen LogP contribution >= 0.6 is 0 Å². The summed E-state index contributed by atoms with van der Waals surface area (Å²) in [5, 5.41) is 18.5. The number of aromatic nitrogens is 1. The topological polar surface area (TPSA) is 87.5 Å². The minimum atomic E-state index is -0.127. The Morgan fingerprint density at radius 2 is 1.98 bits per heavy atom. The van der Waals surface area contributed by atoms with Gasteiger partial charge in [0.25, 0.3) is 5.91 Å². The van der Waals surface area contributed by atoms with E-state index < -0.39 is 0 Å². The van der Waals surface area contributed by atoms with Crippen molar-refractivity contribution in [1.82, 2.24) is 20.5 Å². The van der Waals surface area contributed by atoms with E-state index in [4.69, 9.17) is 4.98 Å². The van der Waals surface area contributed by atoms with E-state index >= 15 is 0 Å². The summed E-state index contributed by atoms with van der Waals surface area (Å²) in [5.41, 5.74) is 7.25. The quantitative estimate of drug-likeness (QED) is 0.472. The highest BCUT2D eigenvalue weighted by Crippen LogP contribution is 2.37. The molecule has 1 fully saturated rings. The molecule has 0 unspecified atom stereocenters. The number of nitriles is 1. The molecular formula is C32H41N7O. The molecule has 2 N–H and O–H groups in total. The second-order valence-corrected chi connectivity index (χ2v) is 11.6. The third-order valence-electron chi connectivity index (χ3n) is 8.14. The van der Waals surface area contributed by atoms with Crippen molar-refractivity contribution in [2.75, 3.05) is 56.6 Å². The number of anilines is 2. The number of hydrogen-bond acceptors (Lipinski definition) is 7. The van der Waals surface area contributed by atoms with E-state index in [0.717, 1.165) is 56.1 Å². The van der Waals surface area contributed by atoms with Crippen molar-refractivity contribution < 1.29 is 4.79 Å². The zero-order valence-electron chi connectivity index (χ0n) is 24.4. The van der Waals surface area contributed by atoms with Crippen molar-refractivity contribution in [2.24, 2.45) is 0 Å². The maximum absolute atomic E-state index is 13.6. The van der Waals surface area contributed by atoms with Crippen LogP contribution in [0.25, 0.3) is 10.8 Å². The van der Waals surface area contributed by atoms with Crippen LogP contribution in [0.15, 0.2) is 36.4 Å². The van der Waals surface area contributed by atoms with Crippen LogP contribution in [0.3, 0.4) is 0 Å². The van der Waals surface area contributed by atoms with Gasteiger partial charge in [0, 0.05) is 72.7 Å². The third kappa shape index (κ3) is 5.63. The average molecular weight is 540 g/mol. The van der Waals surface area contributed by atoms with Gasteiger partial charge in [0.1, 0.15) is 5.69 Å². The highest BCUT2D eigenvalue weighted by molar-refractivity contribution is 5.98. The van der Waals surface area contributed by atoms with Crippen LogP contribution in [0.5, 0.6) is 0 Å². The number of carbonyl (C=O) groups is 1. The third-order valence-corrected chi connectivity index (χ3v) is 8.14. The van der Waals surface area contributed by atoms with Crippen LogP contribution in [0.2, 0.25) is 0 Å². The number of piperazine rings is 1. The summed E-state index contributed by atoms with van der Waals surface area (Å²) < 4.78 is 0. The molecule has 8 nitrogen and oxygen atoms in total. The predicted molar refractivity (Wildman–Crippen MR) is 162 cm³/mol. The summed E-state index contributed by atoms with van der Waals surface area (Å²) in [5.74, 6) is -0.127. The fraction of sp³-hybridized carbons (Fsp3) is 0.469. The van der Waals surface area contributed by atoms with Crippen LogP contribution in [0, 0.1) is 25.2 Å². The van der Waals surface area contributed by atoms with Gasteiger partial charge in [-0.15, -0.1) is 0 Å². The standard InChI is InChI=1S/C32H41N7O/c1-21-8-6-9-24-10-7-11-28(29(21)24)38-16-13-26-27(20-38)36-30(32(40)35-22(2)18-37(4)5)23(3)31(26)39-17-15-34-25(19-39)12-14-33/h6-11,22,25,34H,12-13,15-20H2,1-5H3,(H,35,40)/t22-,25+/m1/s1. The van der Waals surface area contributed by atoms with E-state index in [1.165, 1.54) is 27.6 Å². The minimum Gasteiger partial charge on any atom is -0.368 e. The molecule has 40 heavy (non-hydrogen) atoms. The monoisotopic (exact) mass is 539 g/mol. The molecule has 2 atom stereocenters. The lowest BCUT2D eigenvalue weighted by molar-refractivity contribution is 0.0928. The van der Waals surface area contributed by atoms with Gasteiger partial charge in [-0.3, -0.25) is 4.79 Å². The summed E-state index contributed by atoms with van der Waals surface area (Å²) in [7, 11) is 4.02. The summed E-state index contributed by atoms with van der Waals surface area (Å²) in [6.07, 6.45) is 1.32. The summed E-state index contributed by atoms with van der Waals surface area (Å²) >= 11 is 0. The first kappa shape index (κ1) is 27.9. The fourth-order valence-electron chi connectivity index (χ4n) is 6.45. The maximum atomic E-state index is 13.6. The molecule has 1 amide bonds. The van der Waals surface area contributed by atoms with E-state index in [1.54, 1.807) is 0 Å². The van der Waals surface area contributed by atoms with E-state index in [9.17, 15) is 10.1 Å².